The van der Waals surface area contributed by atoms with Crippen molar-refractivity contribution < 1.29 is 4.74 Å². The number of para-hydroxylation sites is 1. The Morgan fingerprint density at radius 2 is 2.05 bits per heavy atom. The Balaban J connectivity index is 1.81. The number of benzene rings is 1. The van der Waals surface area contributed by atoms with E-state index < -0.39 is 0 Å². The summed E-state index contributed by atoms with van der Waals surface area (Å²) in [6, 6.07) is 6.31. The van der Waals surface area contributed by atoms with Crippen LogP contribution < -0.4 is 10.1 Å². The topological polar surface area (TPSA) is 29.4 Å². The summed E-state index contributed by atoms with van der Waals surface area (Å²) >= 11 is 0. The van der Waals surface area contributed by atoms with Gasteiger partial charge in [0.05, 0.1) is 12.6 Å². The molecule has 1 fully saturated rings. The van der Waals surface area contributed by atoms with Gasteiger partial charge < -0.3 is 19.5 Å². The highest BCUT2D eigenvalue weighted by molar-refractivity contribution is 5.89. The number of aryl methyl sites for hydroxylation is 1. The summed E-state index contributed by atoms with van der Waals surface area (Å²) in [6.07, 6.45) is 3.35. The molecular formula is C16H23N3O. The van der Waals surface area contributed by atoms with Gasteiger partial charge in [0.25, 0.3) is 0 Å². The van der Waals surface area contributed by atoms with Crippen LogP contribution in [0.5, 0.6) is 5.75 Å². The fraction of sp³-hybridized carbons (Fsp3) is 0.500. The first kappa shape index (κ1) is 13.5. The molecule has 108 valence electrons. The Morgan fingerprint density at radius 3 is 2.80 bits per heavy atom. The smallest absolute Gasteiger partial charge is 0.143 e. The van der Waals surface area contributed by atoms with Crippen molar-refractivity contribution in [2.45, 2.75) is 6.42 Å². The maximum absolute atomic E-state index is 5.48. The summed E-state index contributed by atoms with van der Waals surface area (Å²) in [5.74, 6) is 0.957. The molecule has 1 aliphatic rings. The predicted molar refractivity (Wildman–Crippen MR) is 82.5 cm³/mol. The van der Waals surface area contributed by atoms with Crippen LogP contribution in [-0.2, 0) is 13.5 Å². The molecule has 0 aliphatic carbocycles. The van der Waals surface area contributed by atoms with Crippen molar-refractivity contribution in [3.8, 4) is 5.75 Å². The zero-order chi connectivity index (χ0) is 13.9. The highest BCUT2D eigenvalue weighted by Crippen LogP contribution is 2.29. The van der Waals surface area contributed by atoms with Crippen LogP contribution in [0.2, 0.25) is 0 Å². The number of methoxy groups -OCH3 is 1. The van der Waals surface area contributed by atoms with E-state index in [1.807, 2.05) is 6.07 Å². The van der Waals surface area contributed by atoms with Crippen molar-refractivity contribution in [2.24, 2.45) is 7.05 Å². The molecule has 1 N–H and O–H groups in total. The molecule has 0 unspecified atom stereocenters. The summed E-state index contributed by atoms with van der Waals surface area (Å²) in [6.45, 7) is 5.69. The van der Waals surface area contributed by atoms with Gasteiger partial charge in [-0.1, -0.05) is 12.1 Å². The Labute approximate surface area is 120 Å². The zero-order valence-corrected chi connectivity index (χ0v) is 12.4. The number of hydrogen-bond acceptors (Lipinski definition) is 3. The summed E-state index contributed by atoms with van der Waals surface area (Å²) in [5.41, 5.74) is 2.62. The molecule has 0 amide bonds. The number of nitrogens with one attached hydrogen (secondary N) is 1. The monoisotopic (exact) mass is 273 g/mol. The number of ether oxygens (including phenoxy) is 1. The Hall–Kier alpha value is -1.52. The van der Waals surface area contributed by atoms with E-state index in [9.17, 15) is 0 Å². The van der Waals surface area contributed by atoms with Crippen LogP contribution in [0.1, 0.15) is 5.56 Å². The van der Waals surface area contributed by atoms with Crippen molar-refractivity contribution in [1.82, 2.24) is 14.8 Å². The average molecular weight is 273 g/mol. The highest BCUT2D eigenvalue weighted by Gasteiger charge is 2.13. The largest absolute Gasteiger partial charge is 0.495 e. The molecule has 0 spiro atoms. The molecule has 0 bridgehead atoms. The lowest BCUT2D eigenvalue weighted by atomic mass is 10.1. The van der Waals surface area contributed by atoms with E-state index in [4.69, 9.17) is 4.74 Å². The van der Waals surface area contributed by atoms with Gasteiger partial charge in [-0.2, -0.15) is 0 Å². The number of rotatable bonds is 4. The van der Waals surface area contributed by atoms with Gasteiger partial charge in [-0.05, 0) is 18.1 Å². The van der Waals surface area contributed by atoms with E-state index in [0.717, 1.165) is 44.9 Å². The van der Waals surface area contributed by atoms with Crippen molar-refractivity contribution in [3.05, 3.63) is 30.0 Å². The molecule has 2 heterocycles. The maximum Gasteiger partial charge on any atom is 0.143 e. The van der Waals surface area contributed by atoms with Gasteiger partial charge in [-0.15, -0.1) is 0 Å². The standard InChI is InChI=1S/C16H23N3O/c1-18-12-13(6-9-19-10-7-17-8-11-19)14-4-3-5-15(20-2)16(14)18/h3-5,12,17H,6-11H2,1-2H3. The molecule has 1 aromatic heterocycles. The van der Waals surface area contributed by atoms with Crippen LogP contribution in [0, 0.1) is 0 Å². The minimum absolute atomic E-state index is 0.957. The van der Waals surface area contributed by atoms with E-state index in [2.05, 4.69) is 40.2 Å². The summed E-state index contributed by atoms with van der Waals surface area (Å²) in [7, 11) is 3.83. The third kappa shape index (κ3) is 2.53. The fourth-order valence-electron chi connectivity index (χ4n) is 3.09. The SMILES string of the molecule is COc1cccc2c(CCN3CCNCC3)cn(C)c12. The van der Waals surface area contributed by atoms with Crippen LogP contribution in [0.3, 0.4) is 0 Å². The molecule has 0 atom stereocenters. The predicted octanol–water partition coefficient (Wildman–Crippen LogP) is 1.63. The van der Waals surface area contributed by atoms with E-state index in [-0.39, 0.29) is 0 Å². The molecule has 20 heavy (non-hydrogen) atoms. The molecule has 1 aliphatic heterocycles. The highest BCUT2D eigenvalue weighted by atomic mass is 16.5. The zero-order valence-electron chi connectivity index (χ0n) is 12.4. The quantitative estimate of drug-likeness (QED) is 0.918. The van der Waals surface area contributed by atoms with Crippen LogP contribution in [0.4, 0.5) is 0 Å². The third-order valence-electron chi connectivity index (χ3n) is 4.17. The van der Waals surface area contributed by atoms with Gasteiger partial charge in [-0.3, -0.25) is 0 Å². The Kier molecular flexibility index (Phi) is 3.94. The van der Waals surface area contributed by atoms with Crippen LogP contribution in [0.15, 0.2) is 24.4 Å². The second-order valence-electron chi connectivity index (χ2n) is 5.46. The Bertz CT molecular complexity index is 585. The van der Waals surface area contributed by atoms with Crippen molar-refractivity contribution in [3.63, 3.8) is 0 Å². The molecular weight excluding hydrogens is 250 g/mol. The summed E-state index contributed by atoms with van der Waals surface area (Å²) in [5, 5.41) is 4.72. The van der Waals surface area contributed by atoms with Gasteiger partial charge in [0, 0.05) is 51.4 Å². The van der Waals surface area contributed by atoms with Gasteiger partial charge in [-0.25, -0.2) is 0 Å². The first-order valence-electron chi connectivity index (χ1n) is 7.33. The van der Waals surface area contributed by atoms with Crippen molar-refractivity contribution in [2.75, 3.05) is 39.8 Å². The average Bonchev–Trinajstić information content (AvgIpc) is 2.83. The molecule has 3 rings (SSSR count). The van der Waals surface area contributed by atoms with Gasteiger partial charge in [0.2, 0.25) is 0 Å². The van der Waals surface area contributed by atoms with Crippen LogP contribution >= 0.6 is 0 Å². The van der Waals surface area contributed by atoms with Gasteiger partial charge in [0.15, 0.2) is 0 Å². The van der Waals surface area contributed by atoms with Crippen LogP contribution in [-0.4, -0.2) is 49.3 Å². The lowest BCUT2D eigenvalue weighted by Gasteiger charge is -2.26. The second kappa shape index (κ2) is 5.85. The lowest BCUT2D eigenvalue weighted by molar-refractivity contribution is 0.244. The molecule has 0 saturated carbocycles. The van der Waals surface area contributed by atoms with Crippen LogP contribution in [0.25, 0.3) is 10.9 Å². The fourth-order valence-corrected chi connectivity index (χ4v) is 3.09. The number of hydrogen-bond donors (Lipinski definition) is 1. The summed E-state index contributed by atoms with van der Waals surface area (Å²) < 4.78 is 7.66. The molecule has 4 nitrogen and oxygen atoms in total. The third-order valence-corrected chi connectivity index (χ3v) is 4.17. The lowest BCUT2D eigenvalue weighted by Crippen LogP contribution is -2.44. The summed E-state index contributed by atoms with van der Waals surface area (Å²) in [4.78, 5) is 2.54. The van der Waals surface area contributed by atoms with E-state index in [1.54, 1.807) is 7.11 Å². The van der Waals surface area contributed by atoms with Crippen molar-refractivity contribution in [1.29, 1.82) is 0 Å². The normalized spacial score (nSPS) is 16.7. The number of piperazine rings is 1. The molecule has 1 saturated heterocycles. The van der Waals surface area contributed by atoms with Crippen molar-refractivity contribution >= 4 is 10.9 Å². The van der Waals surface area contributed by atoms with E-state index in [0.29, 0.717) is 0 Å². The number of aromatic nitrogens is 1. The molecule has 4 heteroatoms. The minimum Gasteiger partial charge on any atom is -0.495 e. The van der Waals surface area contributed by atoms with Gasteiger partial charge >= 0.3 is 0 Å². The van der Waals surface area contributed by atoms with E-state index in [1.165, 1.54) is 16.5 Å². The number of fused-ring (bicyclic) bond motifs is 1. The molecule has 0 radical (unpaired) electrons. The second-order valence-corrected chi connectivity index (χ2v) is 5.46. The maximum atomic E-state index is 5.48. The minimum atomic E-state index is 0.957. The molecule has 2 aromatic rings. The first-order valence-corrected chi connectivity index (χ1v) is 7.33. The van der Waals surface area contributed by atoms with E-state index >= 15 is 0 Å². The first-order chi connectivity index (χ1) is 9.79. The number of nitrogens with zero attached hydrogens (tertiary/aromatic N) is 2. The van der Waals surface area contributed by atoms with Gasteiger partial charge in [0.1, 0.15) is 5.75 Å². The Morgan fingerprint density at radius 1 is 1.25 bits per heavy atom. The molecule has 1 aromatic carbocycles.